The van der Waals surface area contributed by atoms with E-state index in [1.807, 2.05) is 25.1 Å². The molecule has 2 aliphatic rings. The Bertz CT molecular complexity index is 635. The summed E-state index contributed by atoms with van der Waals surface area (Å²) in [5.74, 6) is 1.51. The average Bonchev–Trinajstić information content (AvgIpc) is 2.65. The van der Waals surface area contributed by atoms with Gasteiger partial charge in [0, 0.05) is 19.5 Å². The lowest BCUT2D eigenvalue weighted by molar-refractivity contribution is -0.122. The summed E-state index contributed by atoms with van der Waals surface area (Å²) in [6.45, 7) is 4.54. The Morgan fingerprint density at radius 1 is 1.30 bits per heavy atom. The van der Waals surface area contributed by atoms with Crippen LogP contribution in [-0.4, -0.2) is 43.6 Å². The normalized spacial score (nSPS) is 24.9. The van der Waals surface area contributed by atoms with Crippen LogP contribution in [0, 0.1) is 18.8 Å². The summed E-state index contributed by atoms with van der Waals surface area (Å²) in [5.41, 5.74) is 7.55. The van der Waals surface area contributed by atoms with Gasteiger partial charge >= 0.3 is 7.12 Å². The Morgan fingerprint density at radius 3 is 2.78 bits per heavy atom. The predicted molar refractivity (Wildman–Crippen MR) is 107 cm³/mol. The van der Waals surface area contributed by atoms with Crippen LogP contribution in [0.5, 0.6) is 5.75 Å². The number of rotatable bonds is 7. The van der Waals surface area contributed by atoms with E-state index < -0.39 is 7.12 Å². The van der Waals surface area contributed by atoms with E-state index in [2.05, 4.69) is 10.6 Å². The number of amides is 1. The summed E-state index contributed by atoms with van der Waals surface area (Å²) < 4.78 is 5.65. The van der Waals surface area contributed by atoms with Crippen LogP contribution >= 0.6 is 0 Å². The first kappa shape index (κ1) is 20.2. The number of fused-ring (bicyclic) bond motifs is 1. The van der Waals surface area contributed by atoms with Gasteiger partial charge in [-0.05, 0) is 68.5 Å². The van der Waals surface area contributed by atoms with Crippen molar-refractivity contribution < 1.29 is 14.5 Å². The molecule has 1 aliphatic carbocycles. The summed E-state index contributed by atoms with van der Waals surface area (Å²) in [6, 6.07) is 5.94. The molecule has 1 aromatic carbocycles. The van der Waals surface area contributed by atoms with E-state index in [4.69, 9.17) is 10.4 Å². The first-order chi connectivity index (χ1) is 13.1. The number of aryl methyl sites for hydroxylation is 1. The highest BCUT2D eigenvalue weighted by atomic mass is 16.5. The molecule has 0 saturated heterocycles. The van der Waals surface area contributed by atoms with Crippen LogP contribution in [0.2, 0.25) is 0 Å². The summed E-state index contributed by atoms with van der Waals surface area (Å²) in [7, 11) is -0.994. The van der Waals surface area contributed by atoms with Crippen molar-refractivity contribution in [1.29, 1.82) is 0 Å². The third-order valence-electron chi connectivity index (χ3n) is 5.86. The molecule has 0 unspecified atom stereocenters. The van der Waals surface area contributed by atoms with Gasteiger partial charge in [-0.15, -0.1) is 0 Å². The Labute approximate surface area is 162 Å². The molecule has 5 N–H and O–H groups in total. The molecule has 6 nitrogen and oxygen atoms in total. The highest BCUT2D eigenvalue weighted by Gasteiger charge is 2.36. The molecule has 1 fully saturated rings. The van der Waals surface area contributed by atoms with Crippen molar-refractivity contribution in [1.82, 2.24) is 10.6 Å². The smallest absolute Gasteiger partial charge is 0.534 e. The molecule has 3 rings (SSSR count). The van der Waals surface area contributed by atoms with Gasteiger partial charge in [0.1, 0.15) is 5.75 Å². The lowest BCUT2D eigenvalue weighted by Gasteiger charge is -2.31. The third kappa shape index (κ3) is 5.47. The maximum Gasteiger partial charge on any atom is 0.547 e. The Morgan fingerprint density at radius 2 is 2.04 bits per heavy atom. The average molecular weight is 373 g/mol. The van der Waals surface area contributed by atoms with E-state index in [-0.39, 0.29) is 11.8 Å². The van der Waals surface area contributed by atoms with Gasteiger partial charge in [-0.2, -0.15) is 0 Å². The van der Waals surface area contributed by atoms with Crippen LogP contribution in [0.25, 0.3) is 0 Å². The monoisotopic (exact) mass is 373 g/mol. The first-order valence-corrected chi connectivity index (χ1v) is 10.2. The van der Waals surface area contributed by atoms with Crippen LogP contribution in [-0.2, 0) is 11.2 Å². The fourth-order valence-electron chi connectivity index (χ4n) is 4.28. The molecule has 27 heavy (non-hydrogen) atoms. The van der Waals surface area contributed by atoms with E-state index in [1.165, 1.54) is 0 Å². The topological polar surface area (TPSA) is 96.6 Å². The van der Waals surface area contributed by atoms with Crippen molar-refractivity contribution in [3.05, 3.63) is 29.3 Å². The van der Waals surface area contributed by atoms with Crippen molar-refractivity contribution in [3.63, 3.8) is 0 Å². The number of carbonyl (C=O) groups is 1. The molecule has 7 heteroatoms. The Balaban J connectivity index is 1.43. The predicted octanol–water partition coefficient (Wildman–Crippen LogP) is 1.18. The van der Waals surface area contributed by atoms with E-state index in [1.54, 1.807) is 0 Å². The van der Waals surface area contributed by atoms with E-state index in [0.29, 0.717) is 31.2 Å². The van der Waals surface area contributed by atoms with Gasteiger partial charge in [0.25, 0.3) is 0 Å². The molecule has 0 aromatic heterocycles. The Kier molecular flexibility index (Phi) is 7.16. The zero-order chi connectivity index (χ0) is 19.2. The second-order valence-electron chi connectivity index (χ2n) is 8.03. The molecular formula is C20H32BN3O3. The van der Waals surface area contributed by atoms with E-state index in [9.17, 15) is 9.82 Å². The van der Waals surface area contributed by atoms with Gasteiger partial charge in [0.05, 0.1) is 5.94 Å². The van der Waals surface area contributed by atoms with Crippen LogP contribution in [0.3, 0.4) is 0 Å². The quantitative estimate of drug-likeness (QED) is 0.425. The molecule has 148 valence electrons. The van der Waals surface area contributed by atoms with Crippen LogP contribution in [0.15, 0.2) is 18.2 Å². The molecule has 0 spiro atoms. The summed E-state index contributed by atoms with van der Waals surface area (Å²) in [5, 5.41) is 16.7. The maximum absolute atomic E-state index is 12.5. The fourth-order valence-corrected chi connectivity index (χ4v) is 4.28. The highest BCUT2D eigenvalue weighted by Crippen LogP contribution is 2.31. The first-order valence-electron chi connectivity index (χ1n) is 10.2. The van der Waals surface area contributed by atoms with Crippen molar-refractivity contribution >= 4 is 13.0 Å². The molecular weight excluding hydrogens is 341 g/mol. The molecule has 1 atom stereocenters. The van der Waals surface area contributed by atoms with Crippen LogP contribution in [0.4, 0.5) is 0 Å². The zero-order valence-electron chi connectivity index (χ0n) is 16.2. The van der Waals surface area contributed by atoms with Crippen molar-refractivity contribution in [2.45, 2.75) is 51.4 Å². The van der Waals surface area contributed by atoms with Gasteiger partial charge in [0.15, 0.2) is 0 Å². The summed E-state index contributed by atoms with van der Waals surface area (Å²) in [6.07, 6.45) is 5.65. The number of carbonyl (C=O) groups excluding carboxylic acids is 1. The second-order valence-corrected chi connectivity index (χ2v) is 8.03. The van der Waals surface area contributed by atoms with Gasteiger partial charge in [-0.1, -0.05) is 18.2 Å². The summed E-state index contributed by atoms with van der Waals surface area (Å²) in [4.78, 5) is 12.5. The van der Waals surface area contributed by atoms with Gasteiger partial charge in [-0.3, -0.25) is 4.79 Å². The van der Waals surface area contributed by atoms with E-state index in [0.717, 1.165) is 55.6 Å². The minimum absolute atomic E-state index is 0.0171. The minimum Gasteiger partial charge on any atom is -0.534 e. The molecule has 1 aliphatic heterocycles. The lowest BCUT2D eigenvalue weighted by Crippen LogP contribution is -2.53. The van der Waals surface area contributed by atoms with Crippen LogP contribution in [0.1, 0.15) is 43.2 Å². The number of para-hydroxylation sites is 1. The molecule has 1 heterocycles. The molecule has 1 saturated carbocycles. The standard InChI is InChI=1S/C20H32BN3O3/c1-14-3-2-4-17-12-18(21(26)27-20(14)17)24-19(25)11-15-5-7-16(8-6-15)13-23-10-9-22/h2-4,15-16,18,23,26H,5-13,22H2,1H3,(H,24,25)/t15-,16-,18-/m0/s1. The van der Waals surface area contributed by atoms with Gasteiger partial charge in [0.2, 0.25) is 5.91 Å². The Hall–Kier alpha value is -1.57. The van der Waals surface area contributed by atoms with Crippen molar-refractivity contribution in [3.8, 4) is 5.75 Å². The highest BCUT2D eigenvalue weighted by molar-refractivity contribution is 6.46. The lowest BCUT2D eigenvalue weighted by atomic mass is 9.72. The number of benzene rings is 1. The molecule has 1 aromatic rings. The second kappa shape index (κ2) is 9.58. The zero-order valence-corrected chi connectivity index (χ0v) is 16.2. The number of nitrogens with one attached hydrogen (secondary N) is 2. The van der Waals surface area contributed by atoms with Crippen molar-refractivity contribution in [2.75, 3.05) is 19.6 Å². The van der Waals surface area contributed by atoms with Crippen molar-refractivity contribution in [2.24, 2.45) is 17.6 Å². The number of hydrogen-bond acceptors (Lipinski definition) is 5. The maximum atomic E-state index is 12.5. The fraction of sp³-hybridized carbons (Fsp3) is 0.650. The number of hydrogen-bond donors (Lipinski definition) is 4. The van der Waals surface area contributed by atoms with E-state index >= 15 is 0 Å². The molecule has 0 radical (unpaired) electrons. The SMILES string of the molecule is Cc1cccc2c1OB(O)[C@@H](NC(=O)C[C@H]1CC[C@H](CNCCN)CC1)C2. The largest absolute Gasteiger partial charge is 0.547 e. The van der Waals surface area contributed by atoms with Gasteiger partial charge in [-0.25, -0.2) is 0 Å². The minimum atomic E-state index is -0.994. The molecule has 1 amide bonds. The van der Waals surface area contributed by atoms with Crippen LogP contribution < -0.4 is 21.0 Å². The number of nitrogens with two attached hydrogens (primary N) is 1. The summed E-state index contributed by atoms with van der Waals surface area (Å²) >= 11 is 0. The van der Waals surface area contributed by atoms with Gasteiger partial charge < -0.3 is 26.0 Å². The third-order valence-corrected chi connectivity index (χ3v) is 5.86. The molecule has 0 bridgehead atoms.